The molecule has 0 fully saturated rings. The van der Waals surface area contributed by atoms with Crippen LogP contribution in [0.3, 0.4) is 0 Å². The second-order valence-electron chi connectivity index (χ2n) is 3.74. The van der Waals surface area contributed by atoms with Crippen LogP contribution in [0.25, 0.3) is 0 Å². The predicted molar refractivity (Wildman–Crippen MR) is 71.3 cm³/mol. The summed E-state index contributed by atoms with van der Waals surface area (Å²) < 4.78 is 18.1. The first-order valence-electron chi connectivity index (χ1n) is 5.80. The van der Waals surface area contributed by atoms with Gasteiger partial charge >= 0.3 is 0 Å². The summed E-state index contributed by atoms with van der Waals surface area (Å²) >= 11 is 0. The summed E-state index contributed by atoms with van der Waals surface area (Å²) in [6.45, 7) is 2.60. The van der Waals surface area contributed by atoms with Crippen molar-refractivity contribution in [2.45, 2.75) is 6.92 Å². The normalized spacial score (nSPS) is 10.8. The van der Waals surface area contributed by atoms with Crippen LogP contribution >= 0.6 is 0 Å². The molecule has 2 nitrogen and oxygen atoms in total. The molecule has 0 bridgehead atoms. The molecule has 0 radical (unpaired) electrons. The van der Waals surface area contributed by atoms with Crippen molar-refractivity contribution in [1.29, 1.82) is 0 Å². The van der Waals surface area contributed by atoms with Crippen LogP contribution in [0.1, 0.15) is 12.5 Å². The van der Waals surface area contributed by atoms with Gasteiger partial charge in [-0.05, 0) is 61.0 Å². The molecule has 0 saturated heterocycles. The molecule has 2 aromatic rings. The van der Waals surface area contributed by atoms with Crippen LogP contribution in [0, 0.1) is 5.82 Å². The summed E-state index contributed by atoms with van der Waals surface area (Å²) in [5, 5.41) is 0. The summed E-state index contributed by atoms with van der Waals surface area (Å²) in [5.74, 6) is 0.589. The molecule has 0 atom stereocenters. The van der Waals surface area contributed by atoms with Crippen molar-refractivity contribution in [1.82, 2.24) is 0 Å². The molecule has 0 saturated carbocycles. The fraction of sp³-hybridized carbons (Fsp3) is 0.133. The summed E-state index contributed by atoms with van der Waals surface area (Å²) in [6.07, 6.45) is 1.74. The molecular weight excluding hydrogens is 229 g/mol. The maximum Gasteiger partial charge on any atom is 0.123 e. The van der Waals surface area contributed by atoms with Crippen molar-refractivity contribution in [3.8, 4) is 5.75 Å². The Morgan fingerprint density at radius 1 is 1.06 bits per heavy atom. The van der Waals surface area contributed by atoms with E-state index in [4.69, 9.17) is 4.74 Å². The van der Waals surface area contributed by atoms with Crippen molar-refractivity contribution in [2.75, 3.05) is 6.61 Å². The smallest absolute Gasteiger partial charge is 0.123 e. The third kappa shape index (κ3) is 3.42. The lowest BCUT2D eigenvalue weighted by Gasteiger charge is -2.02. The van der Waals surface area contributed by atoms with Crippen LogP contribution in [0.4, 0.5) is 10.1 Å². The van der Waals surface area contributed by atoms with Crippen LogP contribution in [0.15, 0.2) is 53.5 Å². The van der Waals surface area contributed by atoms with Gasteiger partial charge in [-0.2, -0.15) is 0 Å². The molecule has 0 aliphatic carbocycles. The average Bonchev–Trinajstić information content (AvgIpc) is 2.40. The Bertz CT molecular complexity index is 517. The van der Waals surface area contributed by atoms with E-state index < -0.39 is 0 Å². The van der Waals surface area contributed by atoms with Crippen LogP contribution < -0.4 is 4.74 Å². The molecule has 0 N–H and O–H groups in total. The van der Waals surface area contributed by atoms with E-state index in [2.05, 4.69) is 4.99 Å². The Morgan fingerprint density at radius 2 is 1.72 bits per heavy atom. The number of halogens is 1. The van der Waals surface area contributed by atoms with Gasteiger partial charge in [-0.25, -0.2) is 4.39 Å². The first-order valence-corrected chi connectivity index (χ1v) is 5.80. The first-order chi connectivity index (χ1) is 8.78. The lowest BCUT2D eigenvalue weighted by atomic mass is 10.2. The number of hydrogen-bond acceptors (Lipinski definition) is 2. The third-order valence-corrected chi connectivity index (χ3v) is 2.38. The van der Waals surface area contributed by atoms with Gasteiger partial charge in [0.1, 0.15) is 11.6 Å². The van der Waals surface area contributed by atoms with Crippen LogP contribution in [-0.4, -0.2) is 12.8 Å². The van der Waals surface area contributed by atoms with Crippen LogP contribution in [0.2, 0.25) is 0 Å². The minimum absolute atomic E-state index is 0.255. The van der Waals surface area contributed by atoms with Crippen LogP contribution in [0.5, 0.6) is 5.75 Å². The number of benzene rings is 2. The van der Waals surface area contributed by atoms with Crippen LogP contribution in [-0.2, 0) is 0 Å². The van der Waals surface area contributed by atoms with Gasteiger partial charge in [-0.15, -0.1) is 0 Å². The summed E-state index contributed by atoms with van der Waals surface area (Å²) in [5.41, 5.74) is 1.70. The highest BCUT2D eigenvalue weighted by Gasteiger charge is 1.93. The van der Waals surface area contributed by atoms with E-state index in [1.165, 1.54) is 12.1 Å². The van der Waals surface area contributed by atoms with Crippen molar-refractivity contribution in [2.24, 2.45) is 4.99 Å². The largest absolute Gasteiger partial charge is 0.494 e. The van der Waals surface area contributed by atoms with Gasteiger partial charge in [-0.3, -0.25) is 4.99 Å². The highest BCUT2D eigenvalue weighted by atomic mass is 19.1. The summed E-state index contributed by atoms with van der Waals surface area (Å²) in [4.78, 5) is 4.26. The van der Waals surface area contributed by atoms with E-state index in [0.29, 0.717) is 6.61 Å². The molecule has 0 spiro atoms. The molecule has 0 heterocycles. The van der Waals surface area contributed by atoms with E-state index in [9.17, 15) is 4.39 Å². The van der Waals surface area contributed by atoms with Crippen molar-refractivity contribution >= 4 is 11.9 Å². The van der Waals surface area contributed by atoms with Gasteiger partial charge in [0.25, 0.3) is 0 Å². The van der Waals surface area contributed by atoms with Gasteiger partial charge in [0, 0.05) is 6.21 Å². The molecule has 0 amide bonds. The molecule has 3 heteroatoms. The van der Waals surface area contributed by atoms with Crippen molar-refractivity contribution < 1.29 is 9.13 Å². The van der Waals surface area contributed by atoms with Gasteiger partial charge in [0.05, 0.1) is 12.3 Å². The molecule has 92 valence electrons. The Morgan fingerprint density at radius 3 is 2.33 bits per heavy atom. The highest BCUT2D eigenvalue weighted by Crippen LogP contribution is 2.14. The average molecular weight is 243 g/mol. The zero-order chi connectivity index (χ0) is 12.8. The summed E-state index contributed by atoms with van der Waals surface area (Å²) in [7, 11) is 0. The second kappa shape index (κ2) is 5.96. The predicted octanol–water partition coefficient (Wildman–Crippen LogP) is 3.98. The Kier molecular flexibility index (Phi) is 4.07. The molecular formula is C15H14FNO. The monoisotopic (exact) mass is 243 g/mol. The number of rotatable bonds is 4. The van der Waals surface area contributed by atoms with E-state index in [1.807, 2.05) is 31.2 Å². The van der Waals surface area contributed by atoms with E-state index in [1.54, 1.807) is 18.3 Å². The maximum absolute atomic E-state index is 12.7. The lowest BCUT2D eigenvalue weighted by molar-refractivity contribution is 0.340. The molecule has 0 aliphatic heterocycles. The van der Waals surface area contributed by atoms with Crippen molar-refractivity contribution in [3.63, 3.8) is 0 Å². The fourth-order valence-electron chi connectivity index (χ4n) is 1.49. The molecule has 18 heavy (non-hydrogen) atoms. The minimum Gasteiger partial charge on any atom is -0.494 e. The highest BCUT2D eigenvalue weighted by molar-refractivity contribution is 5.82. The fourth-order valence-corrected chi connectivity index (χ4v) is 1.49. The molecule has 0 unspecified atom stereocenters. The first kappa shape index (κ1) is 12.3. The van der Waals surface area contributed by atoms with Gasteiger partial charge in [0.15, 0.2) is 0 Å². The van der Waals surface area contributed by atoms with Gasteiger partial charge in [-0.1, -0.05) is 0 Å². The number of ether oxygens (including phenoxy) is 1. The molecule has 2 rings (SSSR count). The number of hydrogen-bond donors (Lipinski definition) is 0. The zero-order valence-electron chi connectivity index (χ0n) is 10.1. The van der Waals surface area contributed by atoms with E-state index in [-0.39, 0.29) is 5.82 Å². The number of nitrogens with zero attached hydrogens (tertiary/aromatic N) is 1. The third-order valence-electron chi connectivity index (χ3n) is 2.38. The summed E-state index contributed by atoms with van der Waals surface area (Å²) in [6, 6.07) is 13.7. The van der Waals surface area contributed by atoms with E-state index in [0.717, 1.165) is 17.0 Å². The topological polar surface area (TPSA) is 21.6 Å². The maximum atomic E-state index is 12.7. The second-order valence-corrected chi connectivity index (χ2v) is 3.74. The molecule has 0 aromatic heterocycles. The Balaban J connectivity index is 2.06. The SMILES string of the molecule is CCOc1ccc(C=Nc2ccc(F)cc2)cc1. The lowest BCUT2D eigenvalue weighted by Crippen LogP contribution is -1.91. The zero-order valence-corrected chi connectivity index (χ0v) is 10.1. The Hall–Kier alpha value is -2.16. The standard InChI is InChI=1S/C15H14FNO/c1-2-18-15-9-3-12(4-10-15)11-17-14-7-5-13(16)6-8-14/h3-11H,2H2,1H3. The molecule has 2 aromatic carbocycles. The quantitative estimate of drug-likeness (QED) is 0.744. The number of aliphatic imine (C=N–C) groups is 1. The molecule has 0 aliphatic rings. The van der Waals surface area contributed by atoms with Crippen molar-refractivity contribution in [3.05, 3.63) is 59.9 Å². The van der Waals surface area contributed by atoms with Gasteiger partial charge in [0.2, 0.25) is 0 Å². The van der Waals surface area contributed by atoms with E-state index >= 15 is 0 Å². The Labute approximate surface area is 106 Å². The van der Waals surface area contributed by atoms with Gasteiger partial charge < -0.3 is 4.74 Å². The minimum atomic E-state index is -0.255.